The number of pyridine rings is 1. The Morgan fingerprint density at radius 2 is 2.25 bits per heavy atom. The highest BCUT2D eigenvalue weighted by Crippen LogP contribution is 1.86. The van der Waals surface area contributed by atoms with Crippen LogP contribution in [0.25, 0.3) is 12.2 Å². The topological polar surface area (TPSA) is 3.88 Å². The van der Waals surface area contributed by atoms with Crippen molar-refractivity contribution in [3.8, 4) is 0 Å². The van der Waals surface area contributed by atoms with Crippen molar-refractivity contribution < 1.29 is 4.57 Å². The predicted octanol–water partition coefficient (Wildman–Crippen LogP) is 0.0320. The minimum absolute atomic E-state index is 1.04. The first-order chi connectivity index (χ1) is 5.86. The van der Waals surface area contributed by atoms with Gasteiger partial charge in [-0.3, -0.25) is 0 Å². The summed E-state index contributed by atoms with van der Waals surface area (Å²) in [5, 5.41) is 2.63. The maximum Gasteiger partial charge on any atom is 0.176 e. The molecule has 0 aromatic carbocycles. The second-order valence-corrected chi connectivity index (χ2v) is 3.06. The first-order valence-electron chi connectivity index (χ1n) is 4.18. The highest BCUT2D eigenvalue weighted by Gasteiger charge is 1.93. The summed E-state index contributed by atoms with van der Waals surface area (Å²) >= 11 is 0. The van der Waals surface area contributed by atoms with E-state index >= 15 is 0 Å². The van der Waals surface area contributed by atoms with Crippen LogP contribution in [0.15, 0.2) is 30.6 Å². The van der Waals surface area contributed by atoms with Crippen LogP contribution in [0.1, 0.15) is 6.42 Å². The number of aromatic nitrogens is 1. The Morgan fingerprint density at radius 1 is 1.33 bits per heavy atom. The molecule has 0 saturated heterocycles. The molecule has 0 amide bonds. The summed E-state index contributed by atoms with van der Waals surface area (Å²) in [6, 6.07) is 2.15. The Bertz CT molecular complexity index is 427. The monoisotopic (exact) mass is 158 g/mol. The third-order valence-corrected chi connectivity index (χ3v) is 2.05. The quantitative estimate of drug-likeness (QED) is 0.469. The SMILES string of the molecule is C[n+]1ccc2c(c1)=CC=CCC=2. The zero-order valence-corrected chi connectivity index (χ0v) is 7.20. The van der Waals surface area contributed by atoms with Crippen molar-refractivity contribution >= 4 is 12.2 Å². The molecule has 1 aromatic heterocycles. The van der Waals surface area contributed by atoms with Gasteiger partial charge in [-0.05, 0) is 17.7 Å². The summed E-state index contributed by atoms with van der Waals surface area (Å²) in [4.78, 5) is 0. The smallest absolute Gasteiger partial charge is 0.176 e. The molecule has 0 atom stereocenters. The lowest BCUT2D eigenvalue weighted by atomic mass is 10.3. The van der Waals surface area contributed by atoms with E-state index in [1.165, 1.54) is 10.4 Å². The normalized spacial score (nSPS) is 14.1. The van der Waals surface area contributed by atoms with Crippen molar-refractivity contribution in [3.63, 3.8) is 0 Å². The fourth-order valence-electron chi connectivity index (χ4n) is 1.40. The van der Waals surface area contributed by atoms with Crippen molar-refractivity contribution in [2.45, 2.75) is 6.42 Å². The number of allylic oxidation sites excluding steroid dienone is 2. The fourth-order valence-corrected chi connectivity index (χ4v) is 1.40. The van der Waals surface area contributed by atoms with Crippen LogP contribution in [0.2, 0.25) is 0 Å². The number of nitrogens with zero attached hydrogens (tertiary/aromatic N) is 1. The highest BCUT2D eigenvalue weighted by molar-refractivity contribution is 5.42. The van der Waals surface area contributed by atoms with E-state index in [9.17, 15) is 0 Å². The molecule has 60 valence electrons. The van der Waals surface area contributed by atoms with Crippen molar-refractivity contribution in [1.29, 1.82) is 0 Å². The Kier molecular flexibility index (Phi) is 1.78. The van der Waals surface area contributed by atoms with Gasteiger partial charge in [0, 0.05) is 11.3 Å². The maximum absolute atomic E-state index is 2.25. The summed E-state index contributed by atoms with van der Waals surface area (Å²) in [7, 11) is 2.04. The average molecular weight is 158 g/mol. The zero-order chi connectivity index (χ0) is 8.39. The van der Waals surface area contributed by atoms with Crippen LogP contribution in [0.5, 0.6) is 0 Å². The van der Waals surface area contributed by atoms with Gasteiger partial charge < -0.3 is 0 Å². The van der Waals surface area contributed by atoms with E-state index in [0.717, 1.165) is 6.42 Å². The van der Waals surface area contributed by atoms with Gasteiger partial charge in [-0.25, -0.2) is 4.57 Å². The molecule has 0 spiro atoms. The Balaban J connectivity index is 2.79. The maximum atomic E-state index is 2.25. The standard InChI is InChI=1S/C11H12N/c1-12-8-7-10-5-3-2-4-6-11(10)9-12/h2,4-9H,3H2,1H3/q+1. The summed E-state index contributed by atoms with van der Waals surface area (Å²) < 4.78 is 2.07. The van der Waals surface area contributed by atoms with E-state index in [2.05, 4.69) is 47.3 Å². The molecule has 2 rings (SSSR count). The summed E-state index contributed by atoms with van der Waals surface area (Å²) in [5.74, 6) is 0. The molecule has 0 radical (unpaired) electrons. The molecule has 0 N–H and O–H groups in total. The number of fused-ring (bicyclic) bond motifs is 1. The third kappa shape index (κ3) is 1.30. The van der Waals surface area contributed by atoms with E-state index in [0.29, 0.717) is 0 Å². The van der Waals surface area contributed by atoms with Crippen LogP contribution >= 0.6 is 0 Å². The van der Waals surface area contributed by atoms with Crippen molar-refractivity contribution in [2.75, 3.05) is 0 Å². The van der Waals surface area contributed by atoms with Crippen LogP contribution in [-0.4, -0.2) is 0 Å². The van der Waals surface area contributed by atoms with Crippen molar-refractivity contribution in [1.82, 2.24) is 0 Å². The minimum atomic E-state index is 1.04. The molecule has 1 aromatic rings. The van der Waals surface area contributed by atoms with Gasteiger partial charge >= 0.3 is 0 Å². The average Bonchev–Trinajstić information content (AvgIpc) is 2.28. The Labute approximate surface area is 72.0 Å². The molecule has 0 fully saturated rings. The number of hydrogen-bond donors (Lipinski definition) is 0. The van der Waals surface area contributed by atoms with Gasteiger partial charge in [0.05, 0.1) is 0 Å². The zero-order valence-electron chi connectivity index (χ0n) is 7.20. The molecule has 0 unspecified atom stereocenters. The predicted molar refractivity (Wildman–Crippen MR) is 49.6 cm³/mol. The second kappa shape index (κ2) is 2.94. The number of rotatable bonds is 0. The van der Waals surface area contributed by atoms with Crippen LogP contribution in [0.3, 0.4) is 0 Å². The van der Waals surface area contributed by atoms with Gasteiger partial charge in [-0.2, -0.15) is 0 Å². The molecule has 1 nitrogen and oxygen atoms in total. The van der Waals surface area contributed by atoms with Gasteiger partial charge in [0.2, 0.25) is 0 Å². The van der Waals surface area contributed by atoms with E-state index in [4.69, 9.17) is 0 Å². The van der Waals surface area contributed by atoms with Gasteiger partial charge in [-0.15, -0.1) is 0 Å². The molecule has 0 saturated carbocycles. The van der Waals surface area contributed by atoms with Gasteiger partial charge in [-0.1, -0.05) is 18.2 Å². The second-order valence-electron chi connectivity index (χ2n) is 3.06. The van der Waals surface area contributed by atoms with Crippen molar-refractivity contribution in [3.05, 3.63) is 41.0 Å². The van der Waals surface area contributed by atoms with Crippen LogP contribution in [-0.2, 0) is 7.05 Å². The number of aryl methyl sites for hydroxylation is 1. The largest absolute Gasteiger partial charge is 0.207 e. The number of hydrogen-bond acceptors (Lipinski definition) is 0. The Morgan fingerprint density at radius 3 is 3.17 bits per heavy atom. The molecule has 1 heteroatoms. The van der Waals surface area contributed by atoms with Gasteiger partial charge in [0.1, 0.15) is 7.05 Å². The van der Waals surface area contributed by atoms with E-state index in [1.807, 2.05) is 7.05 Å². The summed E-state index contributed by atoms with van der Waals surface area (Å²) in [5.41, 5.74) is 0. The van der Waals surface area contributed by atoms with Gasteiger partial charge in [0.15, 0.2) is 12.4 Å². The highest BCUT2D eigenvalue weighted by atomic mass is 14.9. The first kappa shape index (κ1) is 7.29. The molecule has 0 bridgehead atoms. The van der Waals surface area contributed by atoms with E-state index in [-0.39, 0.29) is 0 Å². The van der Waals surface area contributed by atoms with Gasteiger partial charge in [0.25, 0.3) is 0 Å². The van der Waals surface area contributed by atoms with Crippen LogP contribution < -0.4 is 15.0 Å². The van der Waals surface area contributed by atoms with Crippen LogP contribution in [0, 0.1) is 0 Å². The Hall–Kier alpha value is -1.37. The molecule has 12 heavy (non-hydrogen) atoms. The molecule has 1 heterocycles. The molecule has 1 aliphatic carbocycles. The lowest BCUT2D eigenvalue weighted by Crippen LogP contribution is -2.38. The lowest BCUT2D eigenvalue weighted by molar-refractivity contribution is -0.672. The van der Waals surface area contributed by atoms with E-state index in [1.54, 1.807) is 0 Å². The lowest BCUT2D eigenvalue weighted by Gasteiger charge is -1.87. The third-order valence-electron chi connectivity index (χ3n) is 2.05. The first-order valence-corrected chi connectivity index (χ1v) is 4.18. The molecular formula is C11H12N+. The molecule has 0 aliphatic heterocycles. The summed E-state index contributed by atoms with van der Waals surface area (Å²) in [6.07, 6.45) is 13.9. The van der Waals surface area contributed by atoms with Crippen LogP contribution in [0.4, 0.5) is 0 Å². The molecular weight excluding hydrogens is 146 g/mol. The minimum Gasteiger partial charge on any atom is -0.207 e. The van der Waals surface area contributed by atoms with E-state index < -0.39 is 0 Å². The molecule has 1 aliphatic rings. The summed E-state index contributed by atoms with van der Waals surface area (Å²) in [6.45, 7) is 0. The fraction of sp³-hybridized carbons (Fsp3) is 0.182. The van der Waals surface area contributed by atoms with Crippen molar-refractivity contribution in [2.24, 2.45) is 7.05 Å².